The van der Waals surface area contributed by atoms with Crippen LogP contribution in [0.5, 0.6) is 0 Å². The Kier molecular flexibility index (Phi) is 20.0. The molecule has 0 aromatic rings. The minimum Gasteiger partial charge on any atom is -0.0936 e. The van der Waals surface area contributed by atoms with E-state index in [1.54, 1.807) is 0 Å². The van der Waals surface area contributed by atoms with E-state index < -0.39 is 0 Å². The van der Waals surface area contributed by atoms with Gasteiger partial charge in [-0.1, -0.05) is 18.2 Å². The smallest absolute Gasteiger partial charge is 0 e. The summed E-state index contributed by atoms with van der Waals surface area (Å²) < 4.78 is 0. The summed E-state index contributed by atoms with van der Waals surface area (Å²) in [4.78, 5) is 0. The molecule has 0 aromatic heterocycles. The molecule has 1 radical (unpaired) electrons. The second kappa shape index (κ2) is 8.98. The molecule has 0 spiro atoms. The van der Waals surface area contributed by atoms with Gasteiger partial charge in [-0.25, -0.2) is 0 Å². The molecule has 0 saturated heterocycles. The molecule has 0 saturated carbocycles. The summed E-state index contributed by atoms with van der Waals surface area (Å²) in [5, 5.41) is 0. The van der Waals surface area contributed by atoms with Crippen LogP contribution >= 0.6 is 11.6 Å². The molecule has 0 nitrogen and oxygen atoms in total. The van der Waals surface area contributed by atoms with Crippen LogP contribution in [0.4, 0.5) is 0 Å². The van der Waals surface area contributed by atoms with Crippen LogP contribution in [-0.2, 0) is 0 Å². The molecule has 0 heterocycles. The van der Waals surface area contributed by atoms with Gasteiger partial charge < -0.3 is 0 Å². The fourth-order valence-corrected chi connectivity index (χ4v) is 0. The molecule has 0 aromatic carbocycles. The standard InChI is InChI=1S/C2H3Cl.Na/c1-2-3;/h2H,1H2;. The van der Waals surface area contributed by atoms with E-state index in [2.05, 4.69) is 6.58 Å². The van der Waals surface area contributed by atoms with Crippen LogP contribution in [0.3, 0.4) is 0 Å². The van der Waals surface area contributed by atoms with Crippen molar-refractivity contribution < 1.29 is 0 Å². The minimum atomic E-state index is 0. The van der Waals surface area contributed by atoms with Gasteiger partial charge in [0.15, 0.2) is 0 Å². The van der Waals surface area contributed by atoms with Crippen LogP contribution in [0.1, 0.15) is 0 Å². The van der Waals surface area contributed by atoms with Gasteiger partial charge in [0.05, 0.1) is 0 Å². The van der Waals surface area contributed by atoms with Crippen molar-refractivity contribution >= 4 is 41.2 Å². The first-order valence-corrected chi connectivity index (χ1v) is 1.06. The molecule has 0 amide bonds. The molecule has 0 bridgehead atoms. The van der Waals surface area contributed by atoms with Crippen LogP contribution in [0, 0.1) is 0 Å². The van der Waals surface area contributed by atoms with Crippen molar-refractivity contribution in [1.29, 1.82) is 0 Å². The van der Waals surface area contributed by atoms with E-state index in [0.717, 1.165) is 0 Å². The Morgan fingerprint density at radius 2 is 1.75 bits per heavy atom. The van der Waals surface area contributed by atoms with Crippen molar-refractivity contribution in [1.82, 2.24) is 0 Å². The second-order valence-electron chi connectivity index (χ2n) is 0.154. The Morgan fingerprint density at radius 1 is 1.75 bits per heavy atom. The van der Waals surface area contributed by atoms with E-state index in [1.807, 2.05) is 0 Å². The van der Waals surface area contributed by atoms with Gasteiger partial charge in [0, 0.05) is 29.6 Å². The summed E-state index contributed by atoms with van der Waals surface area (Å²) in [6, 6.07) is 0. The third-order valence-corrected chi connectivity index (χ3v) is 0. The summed E-state index contributed by atoms with van der Waals surface area (Å²) in [5.41, 5.74) is 1.22. The molecule has 0 aliphatic carbocycles. The summed E-state index contributed by atoms with van der Waals surface area (Å²) in [6.45, 7) is 3.13. The van der Waals surface area contributed by atoms with E-state index in [9.17, 15) is 0 Å². The van der Waals surface area contributed by atoms with Gasteiger partial charge in [0.1, 0.15) is 0 Å². The van der Waals surface area contributed by atoms with Gasteiger partial charge in [-0.2, -0.15) is 0 Å². The van der Waals surface area contributed by atoms with Gasteiger partial charge >= 0.3 is 0 Å². The molecule has 2 heteroatoms. The summed E-state index contributed by atoms with van der Waals surface area (Å²) in [7, 11) is 0. The van der Waals surface area contributed by atoms with E-state index in [0.29, 0.717) is 0 Å². The molecule has 0 aliphatic heterocycles. The molecule has 0 aliphatic rings. The Labute approximate surface area is 53.1 Å². The first-order valence-electron chi connectivity index (χ1n) is 0.626. The van der Waals surface area contributed by atoms with Crippen molar-refractivity contribution in [2.45, 2.75) is 0 Å². The quantitative estimate of drug-likeness (QED) is 0.385. The van der Waals surface area contributed by atoms with Crippen LogP contribution in [0.25, 0.3) is 0 Å². The fraction of sp³-hybridized carbons (Fsp3) is 0. The Balaban J connectivity index is 0. The fourth-order valence-electron chi connectivity index (χ4n) is 0. The van der Waals surface area contributed by atoms with Gasteiger partial charge in [0.25, 0.3) is 0 Å². The SMILES string of the molecule is C=CCl.[Na]. The zero-order valence-corrected chi connectivity index (χ0v) is 5.42. The third-order valence-electron chi connectivity index (χ3n) is 0. The van der Waals surface area contributed by atoms with Gasteiger partial charge in [0.2, 0.25) is 0 Å². The third kappa shape index (κ3) is 11.8. The predicted molar refractivity (Wildman–Crippen MR) is 21.8 cm³/mol. The monoisotopic (exact) mass is 85.0 g/mol. The largest absolute Gasteiger partial charge is 0.0936 e. The maximum atomic E-state index is 4.76. The van der Waals surface area contributed by atoms with Crippen molar-refractivity contribution in [3.63, 3.8) is 0 Å². The van der Waals surface area contributed by atoms with Gasteiger partial charge in [-0.05, 0) is 5.54 Å². The van der Waals surface area contributed by atoms with Crippen LogP contribution < -0.4 is 0 Å². The van der Waals surface area contributed by atoms with Gasteiger partial charge in [-0.3, -0.25) is 0 Å². The molecular weight excluding hydrogens is 82.5 g/mol. The van der Waals surface area contributed by atoms with Crippen LogP contribution in [-0.4, -0.2) is 29.6 Å². The summed E-state index contributed by atoms with van der Waals surface area (Å²) in [6.07, 6.45) is 0. The first-order chi connectivity index (χ1) is 1.41. The average molecular weight is 85.5 g/mol. The molecular formula is C2H3ClNa. The number of rotatable bonds is 0. The normalized spacial score (nSPS) is 3.25. The van der Waals surface area contributed by atoms with Crippen molar-refractivity contribution in [3.05, 3.63) is 12.1 Å². The number of hydrogen-bond acceptors (Lipinski definition) is 0. The number of halogens is 1. The Hall–Kier alpha value is 1.03. The molecule has 0 N–H and O–H groups in total. The van der Waals surface area contributed by atoms with Crippen molar-refractivity contribution in [2.24, 2.45) is 0 Å². The minimum absolute atomic E-state index is 0. The van der Waals surface area contributed by atoms with E-state index in [1.165, 1.54) is 5.54 Å². The van der Waals surface area contributed by atoms with Crippen LogP contribution in [0.2, 0.25) is 0 Å². The van der Waals surface area contributed by atoms with Crippen molar-refractivity contribution in [2.75, 3.05) is 0 Å². The topological polar surface area (TPSA) is 0 Å². The molecule has 0 fully saturated rings. The summed E-state index contributed by atoms with van der Waals surface area (Å²) in [5.74, 6) is 0. The van der Waals surface area contributed by atoms with E-state index in [-0.39, 0.29) is 29.6 Å². The molecule has 19 valence electrons. The first kappa shape index (κ1) is 8.90. The van der Waals surface area contributed by atoms with E-state index >= 15 is 0 Å². The maximum absolute atomic E-state index is 4.76. The zero-order valence-electron chi connectivity index (χ0n) is 2.66. The average Bonchev–Trinajstić information content (AvgIpc) is 0.918. The molecule has 4 heavy (non-hydrogen) atoms. The molecule has 0 rings (SSSR count). The maximum Gasteiger partial charge on any atom is 0 e. The van der Waals surface area contributed by atoms with Crippen LogP contribution in [0.15, 0.2) is 12.1 Å². The Bertz CT molecular complexity index is 13.5. The van der Waals surface area contributed by atoms with Gasteiger partial charge in [-0.15, -0.1) is 0 Å². The van der Waals surface area contributed by atoms with Crippen molar-refractivity contribution in [3.8, 4) is 0 Å². The zero-order chi connectivity index (χ0) is 2.71. The number of hydrogen-bond donors (Lipinski definition) is 0. The summed E-state index contributed by atoms with van der Waals surface area (Å²) >= 11 is 4.76. The molecule has 0 atom stereocenters. The van der Waals surface area contributed by atoms with E-state index in [4.69, 9.17) is 11.6 Å². The predicted octanol–water partition coefficient (Wildman–Crippen LogP) is 0.988. The Morgan fingerprint density at radius 3 is 1.75 bits per heavy atom. The molecule has 0 unspecified atom stereocenters. The second-order valence-corrected chi connectivity index (χ2v) is 0.463.